The normalized spacial score (nSPS) is 12.4. The summed E-state index contributed by atoms with van der Waals surface area (Å²) < 4.78 is 16.1. The van der Waals surface area contributed by atoms with E-state index in [9.17, 15) is 9.59 Å². The van der Waals surface area contributed by atoms with Crippen LogP contribution in [0.1, 0.15) is 131 Å². The highest BCUT2D eigenvalue weighted by atomic mass is 16.6. The third kappa shape index (κ3) is 22.3. The third-order valence-electron chi connectivity index (χ3n) is 5.35. The molecule has 6 heteroatoms. The molecule has 0 saturated carbocycles. The Morgan fingerprint density at radius 2 is 1.18 bits per heavy atom. The molecule has 0 aromatic carbocycles. The van der Waals surface area contributed by atoms with Crippen LogP contribution in [0, 0.1) is 0 Å². The van der Waals surface area contributed by atoms with Crippen molar-refractivity contribution in [2.24, 2.45) is 0 Å². The average Bonchev–Trinajstić information content (AvgIpc) is 2.75. The van der Waals surface area contributed by atoms with Crippen molar-refractivity contribution < 1.29 is 23.8 Å². The lowest BCUT2D eigenvalue weighted by Gasteiger charge is -2.23. The van der Waals surface area contributed by atoms with E-state index in [1.165, 1.54) is 77.0 Å². The fraction of sp³-hybridized carbons (Fsp3) is 0.926. The molecule has 0 aliphatic carbocycles. The van der Waals surface area contributed by atoms with Crippen molar-refractivity contribution in [3.05, 3.63) is 0 Å². The molecule has 1 N–H and O–H groups in total. The largest absolute Gasteiger partial charge is 0.464 e. The molecule has 33 heavy (non-hydrogen) atoms. The molecule has 0 rings (SSSR count). The number of nitrogens with one attached hydrogen (secondary N) is 1. The predicted octanol–water partition coefficient (Wildman–Crippen LogP) is 7.33. The molecule has 0 radical (unpaired) electrons. The van der Waals surface area contributed by atoms with Gasteiger partial charge in [0.2, 0.25) is 0 Å². The molecular formula is C27H53NO5. The van der Waals surface area contributed by atoms with Crippen LogP contribution in [0.25, 0.3) is 0 Å². The first-order valence-electron chi connectivity index (χ1n) is 13.5. The zero-order valence-corrected chi connectivity index (χ0v) is 22.3. The van der Waals surface area contributed by atoms with Crippen LogP contribution in [0.3, 0.4) is 0 Å². The van der Waals surface area contributed by atoms with Gasteiger partial charge in [0.1, 0.15) is 5.60 Å². The van der Waals surface area contributed by atoms with Gasteiger partial charge in [-0.25, -0.2) is 9.59 Å². The summed E-state index contributed by atoms with van der Waals surface area (Å²) in [7, 11) is 0. The van der Waals surface area contributed by atoms with Gasteiger partial charge in [0, 0.05) is 6.61 Å². The molecule has 1 atom stereocenters. The van der Waals surface area contributed by atoms with Crippen molar-refractivity contribution in [2.45, 2.75) is 143 Å². The summed E-state index contributed by atoms with van der Waals surface area (Å²) in [5.41, 5.74) is -0.628. The Morgan fingerprint density at radius 1 is 0.697 bits per heavy atom. The van der Waals surface area contributed by atoms with E-state index in [0.29, 0.717) is 13.2 Å². The van der Waals surface area contributed by atoms with Gasteiger partial charge in [0.25, 0.3) is 0 Å². The number of hydrogen-bond donors (Lipinski definition) is 1. The number of carbonyl (C=O) groups is 2. The first-order valence-corrected chi connectivity index (χ1v) is 13.5. The van der Waals surface area contributed by atoms with Crippen LogP contribution in [0.15, 0.2) is 0 Å². The molecule has 0 spiro atoms. The van der Waals surface area contributed by atoms with Gasteiger partial charge in [-0.3, -0.25) is 0 Å². The quantitative estimate of drug-likeness (QED) is 0.140. The van der Waals surface area contributed by atoms with E-state index < -0.39 is 23.7 Å². The molecule has 0 aliphatic heterocycles. The molecule has 0 heterocycles. The van der Waals surface area contributed by atoms with Gasteiger partial charge in [-0.15, -0.1) is 0 Å². The summed E-state index contributed by atoms with van der Waals surface area (Å²) in [5.74, 6) is -0.483. The van der Waals surface area contributed by atoms with Crippen LogP contribution in [0.2, 0.25) is 0 Å². The molecule has 0 aromatic heterocycles. The number of amides is 1. The van der Waals surface area contributed by atoms with Gasteiger partial charge in [-0.2, -0.15) is 0 Å². The van der Waals surface area contributed by atoms with Crippen LogP contribution in [0.5, 0.6) is 0 Å². The van der Waals surface area contributed by atoms with Crippen LogP contribution < -0.4 is 5.32 Å². The Bertz CT molecular complexity index is 476. The Hall–Kier alpha value is -1.30. The van der Waals surface area contributed by atoms with E-state index in [1.807, 2.05) is 6.92 Å². The van der Waals surface area contributed by atoms with E-state index in [1.54, 1.807) is 20.8 Å². The minimum absolute atomic E-state index is 0.0975. The van der Waals surface area contributed by atoms with Crippen molar-refractivity contribution in [3.63, 3.8) is 0 Å². The van der Waals surface area contributed by atoms with Gasteiger partial charge in [-0.05, 0) is 33.6 Å². The van der Waals surface area contributed by atoms with Crippen molar-refractivity contribution in [1.82, 2.24) is 5.32 Å². The number of alkyl carbamates (subject to hydrolysis) is 1. The van der Waals surface area contributed by atoms with Gasteiger partial charge < -0.3 is 19.5 Å². The summed E-state index contributed by atoms with van der Waals surface area (Å²) in [6.45, 7) is 10.5. The molecule has 0 fully saturated rings. The summed E-state index contributed by atoms with van der Waals surface area (Å²) in [6, 6.07) is -0.849. The summed E-state index contributed by atoms with van der Waals surface area (Å²) in [5, 5.41) is 2.57. The summed E-state index contributed by atoms with van der Waals surface area (Å²) in [6.07, 6.45) is 18.4. The second-order valence-electron chi connectivity index (χ2n) is 10.0. The highest BCUT2D eigenvalue weighted by molar-refractivity contribution is 5.81. The Labute approximate surface area is 203 Å². The average molecular weight is 472 g/mol. The molecule has 196 valence electrons. The second-order valence-corrected chi connectivity index (χ2v) is 10.0. The number of hydrogen-bond acceptors (Lipinski definition) is 5. The lowest BCUT2D eigenvalue weighted by molar-refractivity contribution is -0.147. The van der Waals surface area contributed by atoms with E-state index in [2.05, 4.69) is 12.2 Å². The maximum absolute atomic E-state index is 12.2. The molecule has 0 aliphatic rings. The Kier molecular flexibility index (Phi) is 20.4. The Balaban J connectivity index is 3.80. The lowest BCUT2D eigenvalue weighted by atomic mass is 10.0. The molecule has 0 unspecified atom stereocenters. The van der Waals surface area contributed by atoms with Gasteiger partial charge in [0.05, 0.1) is 13.2 Å². The standard InChI is InChI=1S/C27H53NO5/c1-6-8-9-10-11-12-13-14-15-16-17-18-19-20-22-31-23-24(25(29)32-21-7-2)28-26(30)33-27(3,4)5/h24H,6-23H2,1-5H3,(H,28,30)/t24-/m0/s1. The minimum atomic E-state index is -0.849. The van der Waals surface area contributed by atoms with Crippen molar-refractivity contribution in [2.75, 3.05) is 19.8 Å². The smallest absolute Gasteiger partial charge is 0.408 e. The maximum Gasteiger partial charge on any atom is 0.408 e. The zero-order valence-electron chi connectivity index (χ0n) is 22.3. The summed E-state index contributed by atoms with van der Waals surface area (Å²) >= 11 is 0. The maximum atomic E-state index is 12.2. The number of ether oxygens (including phenoxy) is 3. The molecule has 0 aromatic rings. The molecule has 0 bridgehead atoms. The fourth-order valence-corrected chi connectivity index (χ4v) is 3.52. The van der Waals surface area contributed by atoms with Crippen LogP contribution in [0.4, 0.5) is 4.79 Å². The lowest BCUT2D eigenvalue weighted by Crippen LogP contribution is -2.47. The van der Waals surface area contributed by atoms with E-state index >= 15 is 0 Å². The number of unbranched alkanes of at least 4 members (excludes halogenated alkanes) is 13. The molecule has 1 amide bonds. The van der Waals surface area contributed by atoms with Gasteiger partial charge >= 0.3 is 12.1 Å². The number of esters is 1. The topological polar surface area (TPSA) is 73.9 Å². The van der Waals surface area contributed by atoms with Crippen molar-refractivity contribution >= 4 is 12.1 Å². The molecule has 6 nitrogen and oxygen atoms in total. The van der Waals surface area contributed by atoms with Gasteiger partial charge in [-0.1, -0.05) is 97.3 Å². The minimum Gasteiger partial charge on any atom is -0.464 e. The molecular weight excluding hydrogens is 418 g/mol. The first kappa shape index (κ1) is 31.7. The number of rotatable bonds is 21. The SMILES string of the molecule is CCCCCCCCCCCCCCCCOC[C@H](NC(=O)OC(C)(C)C)C(=O)OCCC. The highest BCUT2D eigenvalue weighted by Gasteiger charge is 2.25. The van der Waals surface area contributed by atoms with Gasteiger partial charge in [0.15, 0.2) is 6.04 Å². The van der Waals surface area contributed by atoms with Crippen LogP contribution >= 0.6 is 0 Å². The second kappa shape index (κ2) is 21.2. The fourth-order valence-electron chi connectivity index (χ4n) is 3.52. The summed E-state index contributed by atoms with van der Waals surface area (Å²) in [4.78, 5) is 24.2. The monoisotopic (exact) mass is 471 g/mol. The number of carbonyl (C=O) groups excluding carboxylic acids is 2. The third-order valence-corrected chi connectivity index (χ3v) is 5.35. The van der Waals surface area contributed by atoms with Crippen molar-refractivity contribution in [1.29, 1.82) is 0 Å². The predicted molar refractivity (Wildman–Crippen MR) is 136 cm³/mol. The zero-order chi connectivity index (χ0) is 24.8. The first-order chi connectivity index (χ1) is 15.8. The van der Waals surface area contributed by atoms with Crippen LogP contribution in [-0.4, -0.2) is 43.5 Å². The highest BCUT2D eigenvalue weighted by Crippen LogP contribution is 2.13. The van der Waals surface area contributed by atoms with E-state index in [-0.39, 0.29) is 6.61 Å². The van der Waals surface area contributed by atoms with Crippen LogP contribution in [-0.2, 0) is 19.0 Å². The Morgan fingerprint density at radius 3 is 1.64 bits per heavy atom. The van der Waals surface area contributed by atoms with E-state index in [4.69, 9.17) is 14.2 Å². The molecule has 0 saturated heterocycles. The van der Waals surface area contributed by atoms with E-state index in [0.717, 1.165) is 19.3 Å². The van der Waals surface area contributed by atoms with Crippen molar-refractivity contribution in [3.8, 4) is 0 Å².